The lowest BCUT2D eigenvalue weighted by Gasteiger charge is -2.31. The summed E-state index contributed by atoms with van der Waals surface area (Å²) in [7, 11) is 0. The van der Waals surface area contributed by atoms with Gasteiger partial charge in [-0.2, -0.15) is 0 Å². The molecule has 0 bridgehead atoms. The average molecular weight is 253 g/mol. The van der Waals surface area contributed by atoms with Crippen LogP contribution in [0, 0.1) is 11.8 Å². The van der Waals surface area contributed by atoms with Crippen LogP contribution < -0.4 is 5.32 Å². The summed E-state index contributed by atoms with van der Waals surface area (Å²) in [6.07, 6.45) is 5.10. The quantitative estimate of drug-likeness (QED) is 0.844. The van der Waals surface area contributed by atoms with Crippen molar-refractivity contribution >= 4 is 11.3 Å². The monoisotopic (exact) mass is 253 g/mol. The Bertz CT molecular complexity index is 312. The van der Waals surface area contributed by atoms with Gasteiger partial charge in [0.15, 0.2) is 0 Å². The molecule has 3 heteroatoms. The maximum absolute atomic E-state index is 9.38. The largest absolute Gasteiger partial charge is 0.396 e. The van der Waals surface area contributed by atoms with E-state index in [1.807, 2.05) is 11.3 Å². The van der Waals surface area contributed by atoms with Gasteiger partial charge in [-0.15, -0.1) is 11.3 Å². The Hall–Kier alpha value is -0.380. The third-order valence-electron chi connectivity index (χ3n) is 3.96. The van der Waals surface area contributed by atoms with E-state index in [-0.39, 0.29) is 0 Å². The van der Waals surface area contributed by atoms with Gasteiger partial charge in [0.05, 0.1) is 0 Å². The van der Waals surface area contributed by atoms with E-state index in [1.54, 1.807) is 0 Å². The maximum Gasteiger partial charge on any atom is 0.0462 e. The lowest BCUT2D eigenvalue weighted by atomic mass is 9.79. The maximum atomic E-state index is 9.38. The topological polar surface area (TPSA) is 32.3 Å². The van der Waals surface area contributed by atoms with E-state index < -0.39 is 0 Å². The molecule has 1 aromatic rings. The second-order valence-corrected chi connectivity index (χ2v) is 6.11. The highest BCUT2D eigenvalue weighted by molar-refractivity contribution is 7.10. The van der Waals surface area contributed by atoms with Crippen molar-refractivity contribution in [2.75, 3.05) is 13.2 Å². The van der Waals surface area contributed by atoms with Crippen molar-refractivity contribution in [3.8, 4) is 0 Å². The smallest absolute Gasteiger partial charge is 0.0462 e. The minimum atomic E-state index is 0.361. The van der Waals surface area contributed by atoms with Crippen molar-refractivity contribution in [1.82, 2.24) is 5.32 Å². The number of aliphatic hydroxyl groups is 1. The second-order valence-electron chi connectivity index (χ2n) is 5.13. The lowest BCUT2D eigenvalue weighted by Crippen LogP contribution is -2.33. The summed E-state index contributed by atoms with van der Waals surface area (Å²) in [5.74, 6) is 1.18. The van der Waals surface area contributed by atoms with Crippen LogP contribution in [-0.4, -0.2) is 18.3 Å². The molecular weight excluding hydrogens is 230 g/mol. The Labute approximate surface area is 108 Å². The molecule has 1 fully saturated rings. The first-order valence-electron chi connectivity index (χ1n) is 6.69. The van der Waals surface area contributed by atoms with E-state index in [0.29, 0.717) is 24.5 Å². The summed E-state index contributed by atoms with van der Waals surface area (Å²) in [5.41, 5.74) is 0. The number of hydrogen-bond acceptors (Lipinski definition) is 3. The van der Waals surface area contributed by atoms with Gasteiger partial charge in [-0.05, 0) is 49.6 Å². The van der Waals surface area contributed by atoms with Crippen LogP contribution in [-0.2, 0) is 0 Å². The highest BCUT2D eigenvalue weighted by Gasteiger charge is 2.24. The molecule has 96 valence electrons. The fraction of sp³-hybridized carbons (Fsp3) is 0.714. The first-order valence-corrected chi connectivity index (χ1v) is 7.57. The Morgan fingerprint density at radius 3 is 2.82 bits per heavy atom. The minimum Gasteiger partial charge on any atom is -0.396 e. The van der Waals surface area contributed by atoms with Crippen LogP contribution in [0.4, 0.5) is 0 Å². The SMILES string of the molecule is CC(NCC1CCCCC1CO)c1cccs1. The molecule has 3 atom stereocenters. The van der Waals surface area contributed by atoms with Gasteiger partial charge in [-0.25, -0.2) is 0 Å². The summed E-state index contributed by atoms with van der Waals surface area (Å²) >= 11 is 1.81. The zero-order valence-corrected chi connectivity index (χ0v) is 11.4. The van der Waals surface area contributed by atoms with Crippen molar-refractivity contribution in [3.63, 3.8) is 0 Å². The van der Waals surface area contributed by atoms with Gasteiger partial charge in [-0.1, -0.05) is 18.9 Å². The van der Waals surface area contributed by atoms with Gasteiger partial charge in [0.1, 0.15) is 0 Å². The predicted molar refractivity (Wildman–Crippen MR) is 73.3 cm³/mol. The van der Waals surface area contributed by atoms with Crippen LogP contribution in [0.15, 0.2) is 17.5 Å². The van der Waals surface area contributed by atoms with Crippen LogP contribution in [0.3, 0.4) is 0 Å². The van der Waals surface area contributed by atoms with Gasteiger partial charge in [0.25, 0.3) is 0 Å². The van der Waals surface area contributed by atoms with Crippen molar-refractivity contribution in [2.24, 2.45) is 11.8 Å². The minimum absolute atomic E-state index is 0.361. The number of hydrogen-bond donors (Lipinski definition) is 2. The molecule has 1 heterocycles. The first kappa shape index (κ1) is 13.1. The van der Waals surface area contributed by atoms with Crippen LogP contribution in [0.1, 0.15) is 43.5 Å². The summed E-state index contributed by atoms with van der Waals surface area (Å²) in [6.45, 7) is 3.63. The molecule has 1 aromatic heterocycles. The normalized spacial score (nSPS) is 26.9. The summed E-state index contributed by atoms with van der Waals surface area (Å²) in [6, 6.07) is 4.73. The molecule has 0 aromatic carbocycles. The Morgan fingerprint density at radius 1 is 1.41 bits per heavy atom. The second kappa shape index (κ2) is 6.53. The molecule has 0 aliphatic heterocycles. The standard InChI is InChI=1S/C14H23NOS/c1-11(14-7-4-8-17-14)15-9-12-5-2-3-6-13(12)10-16/h4,7-8,11-13,15-16H,2-3,5-6,9-10H2,1H3. The van der Waals surface area contributed by atoms with Gasteiger partial charge in [0.2, 0.25) is 0 Å². The Kier molecular flexibility index (Phi) is 5.01. The Morgan fingerprint density at radius 2 is 2.18 bits per heavy atom. The lowest BCUT2D eigenvalue weighted by molar-refractivity contribution is 0.131. The van der Waals surface area contributed by atoms with Crippen LogP contribution in [0.25, 0.3) is 0 Å². The highest BCUT2D eigenvalue weighted by atomic mass is 32.1. The molecule has 17 heavy (non-hydrogen) atoms. The molecule has 2 nitrogen and oxygen atoms in total. The molecule has 0 radical (unpaired) electrons. The molecule has 3 unspecified atom stereocenters. The molecule has 2 N–H and O–H groups in total. The van der Waals surface area contributed by atoms with Crippen LogP contribution >= 0.6 is 11.3 Å². The number of thiophene rings is 1. The summed E-state index contributed by atoms with van der Waals surface area (Å²) in [5, 5.41) is 15.1. The number of nitrogens with one attached hydrogen (secondary N) is 1. The number of aliphatic hydroxyl groups excluding tert-OH is 1. The van der Waals surface area contributed by atoms with Crippen molar-refractivity contribution in [1.29, 1.82) is 0 Å². The zero-order valence-electron chi connectivity index (χ0n) is 10.6. The molecule has 1 aliphatic rings. The van der Waals surface area contributed by atoms with Gasteiger partial charge < -0.3 is 10.4 Å². The van der Waals surface area contributed by atoms with Crippen molar-refractivity contribution in [2.45, 2.75) is 38.6 Å². The predicted octanol–water partition coefficient (Wildman–Crippen LogP) is 3.20. The average Bonchev–Trinajstić information content (AvgIpc) is 2.90. The van der Waals surface area contributed by atoms with E-state index in [2.05, 4.69) is 29.8 Å². The van der Waals surface area contributed by atoms with Crippen LogP contribution in [0.5, 0.6) is 0 Å². The van der Waals surface area contributed by atoms with Gasteiger partial charge in [0, 0.05) is 17.5 Å². The van der Waals surface area contributed by atoms with E-state index in [4.69, 9.17) is 0 Å². The zero-order chi connectivity index (χ0) is 12.1. The van der Waals surface area contributed by atoms with Crippen molar-refractivity contribution < 1.29 is 5.11 Å². The van der Waals surface area contributed by atoms with Crippen molar-refractivity contribution in [3.05, 3.63) is 22.4 Å². The molecule has 0 saturated heterocycles. The van der Waals surface area contributed by atoms with Gasteiger partial charge >= 0.3 is 0 Å². The first-order chi connectivity index (χ1) is 8.31. The molecule has 0 amide bonds. The third kappa shape index (κ3) is 3.54. The third-order valence-corrected chi connectivity index (χ3v) is 5.01. The van der Waals surface area contributed by atoms with Crippen LogP contribution in [0.2, 0.25) is 0 Å². The summed E-state index contributed by atoms with van der Waals surface area (Å²) < 4.78 is 0. The number of rotatable bonds is 5. The van der Waals surface area contributed by atoms with E-state index in [1.165, 1.54) is 30.6 Å². The molecule has 0 spiro atoms. The van der Waals surface area contributed by atoms with Gasteiger partial charge in [-0.3, -0.25) is 0 Å². The molecular formula is C14H23NOS. The van der Waals surface area contributed by atoms with E-state index >= 15 is 0 Å². The fourth-order valence-electron chi connectivity index (χ4n) is 2.76. The summed E-state index contributed by atoms with van der Waals surface area (Å²) in [4.78, 5) is 1.40. The van der Waals surface area contributed by atoms with E-state index in [0.717, 1.165) is 6.54 Å². The molecule has 1 aliphatic carbocycles. The molecule has 1 saturated carbocycles. The molecule has 2 rings (SSSR count). The highest BCUT2D eigenvalue weighted by Crippen LogP contribution is 2.29. The van der Waals surface area contributed by atoms with E-state index in [9.17, 15) is 5.11 Å². The Balaban J connectivity index is 1.80. The fourth-order valence-corrected chi connectivity index (χ4v) is 3.52.